The molecule has 2 nitrogen and oxygen atoms in total. The van der Waals surface area contributed by atoms with E-state index in [1.165, 1.54) is 0 Å². The van der Waals surface area contributed by atoms with E-state index in [0.717, 1.165) is 24.0 Å². The SMILES string of the molecule is CC12CCC(/C(=C/c3ccc(O)cc3)C1=O)C2(C)C. The minimum atomic E-state index is -0.194. The van der Waals surface area contributed by atoms with Gasteiger partial charge in [0.1, 0.15) is 5.75 Å². The van der Waals surface area contributed by atoms with E-state index in [1.807, 2.05) is 18.2 Å². The van der Waals surface area contributed by atoms with Crippen LogP contribution in [-0.4, -0.2) is 10.9 Å². The van der Waals surface area contributed by atoms with Gasteiger partial charge in [-0.1, -0.05) is 32.9 Å². The number of ketones is 1. The van der Waals surface area contributed by atoms with E-state index < -0.39 is 0 Å². The summed E-state index contributed by atoms with van der Waals surface area (Å²) in [7, 11) is 0. The first-order valence-electron chi connectivity index (χ1n) is 6.92. The van der Waals surface area contributed by atoms with Crippen molar-refractivity contribution in [1.29, 1.82) is 0 Å². The van der Waals surface area contributed by atoms with Crippen LogP contribution in [0.25, 0.3) is 6.08 Å². The lowest BCUT2D eigenvalue weighted by atomic mass is 9.70. The Hall–Kier alpha value is -1.57. The topological polar surface area (TPSA) is 37.3 Å². The van der Waals surface area contributed by atoms with Gasteiger partial charge in [-0.25, -0.2) is 0 Å². The van der Waals surface area contributed by atoms with Crippen molar-refractivity contribution in [3.05, 3.63) is 35.4 Å². The smallest absolute Gasteiger partial charge is 0.165 e. The summed E-state index contributed by atoms with van der Waals surface area (Å²) >= 11 is 0. The Labute approximate surface area is 114 Å². The highest BCUT2D eigenvalue weighted by molar-refractivity contribution is 6.07. The summed E-state index contributed by atoms with van der Waals surface area (Å²) in [6.07, 6.45) is 4.13. The molecule has 2 saturated carbocycles. The van der Waals surface area contributed by atoms with E-state index in [9.17, 15) is 9.90 Å². The van der Waals surface area contributed by atoms with Gasteiger partial charge in [-0.05, 0) is 53.5 Å². The fraction of sp³-hybridized carbons (Fsp3) is 0.471. The van der Waals surface area contributed by atoms with Gasteiger partial charge in [0, 0.05) is 5.41 Å². The van der Waals surface area contributed by atoms with Crippen molar-refractivity contribution in [2.45, 2.75) is 33.6 Å². The quantitative estimate of drug-likeness (QED) is 0.776. The highest BCUT2D eigenvalue weighted by Crippen LogP contribution is 2.65. The van der Waals surface area contributed by atoms with Crippen molar-refractivity contribution in [3.8, 4) is 5.75 Å². The second-order valence-electron chi connectivity index (χ2n) is 6.67. The van der Waals surface area contributed by atoms with Crippen molar-refractivity contribution in [3.63, 3.8) is 0 Å². The van der Waals surface area contributed by atoms with E-state index in [2.05, 4.69) is 20.8 Å². The lowest BCUT2D eigenvalue weighted by Gasteiger charge is -2.31. The summed E-state index contributed by atoms with van der Waals surface area (Å²) in [5, 5.41) is 9.31. The average Bonchev–Trinajstić information content (AvgIpc) is 2.66. The van der Waals surface area contributed by atoms with Crippen LogP contribution in [0.5, 0.6) is 5.75 Å². The van der Waals surface area contributed by atoms with E-state index >= 15 is 0 Å². The third-order valence-corrected chi connectivity index (χ3v) is 5.58. The highest BCUT2D eigenvalue weighted by Gasteiger charge is 2.63. The molecule has 0 amide bonds. The number of rotatable bonds is 1. The van der Waals surface area contributed by atoms with Gasteiger partial charge in [0.25, 0.3) is 0 Å². The van der Waals surface area contributed by atoms with Crippen LogP contribution in [0.1, 0.15) is 39.2 Å². The van der Waals surface area contributed by atoms with E-state index in [4.69, 9.17) is 0 Å². The number of carbonyl (C=O) groups excluding carboxylic acids is 1. The maximum atomic E-state index is 12.7. The number of hydrogen-bond acceptors (Lipinski definition) is 2. The average molecular weight is 256 g/mol. The van der Waals surface area contributed by atoms with Crippen LogP contribution < -0.4 is 0 Å². The maximum absolute atomic E-state index is 12.7. The van der Waals surface area contributed by atoms with Gasteiger partial charge in [-0.2, -0.15) is 0 Å². The van der Waals surface area contributed by atoms with E-state index in [-0.39, 0.29) is 16.6 Å². The number of fused-ring (bicyclic) bond motifs is 2. The first-order valence-corrected chi connectivity index (χ1v) is 6.92. The second-order valence-corrected chi connectivity index (χ2v) is 6.67. The first-order chi connectivity index (χ1) is 8.86. The molecule has 2 atom stereocenters. The maximum Gasteiger partial charge on any atom is 0.165 e. The molecule has 0 aliphatic heterocycles. The molecule has 0 heterocycles. The standard InChI is InChI=1S/C17H20O2/c1-16(2)14-8-9-17(16,3)15(19)13(14)10-11-4-6-12(18)7-5-11/h4-7,10,14,18H,8-9H2,1-3H3/b13-10-. The van der Waals surface area contributed by atoms with Gasteiger partial charge in [-0.3, -0.25) is 4.79 Å². The lowest BCUT2D eigenvalue weighted by molar-refractivity contribution is -0.125. The number of phenolic OH excluding ortho intramolecular Hbond substituents is 1. The Morgan fingerprint density at radius 3 is 2.37 bits per heavy atom. The van der Waals surface area contributed by atoms with Crippen molar-refractivity contribution >= 4 is 11.9 Å². The summed E-state index contributed by atoms with van der Waals surface area (Å²) in [5.41, 5.74) is 1.84. The van der Waals surface area contributed by atoms with Crippen LogP contribution in [0.15, 0.2) is 29.8 Å². The molecule has 1 aromatic rings. The van der Waals surface area contributed by atoms with Crippen molar-refractivity contribution in [1.82, 2.24) is 0 Å². The molecule has 19 heavy (non-hydrogen) atoms. The zero-order valence-electron chi connectivity index (χ0n) is 11.7. The Balaban J connectivity index is 2.04. The molecular formula is C17H20O2. The Morgan fingerprint density at radius 2 is 1.84 bits per heavy atom. The summed E-state index contributed by atoms with van der Waals surface area (Å²) in [6, 6.07) is 7.04. The van der Waals surface area contributed by atoms with Crippen molar-refractivity contribution in [2.24, 2.45) is 16.7 Å². The van der Waals surface area contributed by atoms with Gasteiger partial charge < -0.3 is 5.11 Å². The molecule has 2 unspecified atom stereocenters. The number of benzene rings is 1. The molecule has 2 bridgehead atoms. The summed E-state index contributed by atoms with van der Waals surface area (Å²) in [6.45, 7) is 6.56. The first kappa shape index (κ1) is 12.5. The summed E-state index contributed by atoms with van der Waals surface area (Å²) < 4.78 is 0. The Kier molecular flexibility index (Phi) is 2.44. The Morgan fingerprint density at radius 1 is 1.21 bits per heavy atom. The van der Waals surface area contributed by atoms with Crippen LogP contribution in [0.4, 0.5) is 0 Å². The minimum Gasteiger partial charge on any atom is -0.508 e. The number of allylic oxidation sites excluding steroid dienone is 1. The van der Waals surface area contributed by atoms with Crippen molar-refractivity contribution in [2.75, 3.05) is 0 Å². The predicted molar refractivity (Wildman–Crippen MR) is 75.7 cm³/mol. The van der Waals surface area contributed by atoms with E-state index in [1.54, 1.807) is 12.1 Å². The summed E-state index contributed by atoms with van der Waals surface area (Å²) in [4.78, 5) is 12.7. The van der Waals surface area contributed by atoms with Gasteiger partial charge >= 0.3 is 0 Å². The molecule has 2 aliphatic carbocycles. The summed E-state index contributed by atoms with van der Waals surface area (Å²) in [5.74, 6) is 0.953. The number of aromatic hydroxyl groups is 1. The van der Waals surface area contributed by atoms with Crippen LogP contribution >= 0.6 is 0 Å². The molecule has 2 heteroatoms. The molecule has 2 fully saturated rings. The van der Waals surface area contributed by atoms with Crippen molar-refractivity contribution < 1.29 is 9.90 Å². The number of phenols is 1. The highest BCUT2D eigenvalue weighted by atomic mass is 16.3. The van der Waals surface area contributed by atoms with E-state index in [0.29, 0.717) is 11.7 Å². The predicted octanol–water partition coefficient (Wildman–Crippen LogP) is 3.80. The monoisotopic (exact) mass is 256 g/mol. The normalized spacial score (nSPS) is 34.2. The number of Topliss-reactive ketones (excluding diaryl/α,β-unsaturated/α-hetero) is 1. The molecular weight excluding hydrogens is 236 g/mol. The fourth-order valence-electron chi connectivity index (χ4n) is 3.84. The van der Waals surface area contributed by atoms with Gasteiger partial charge in [0.15, 0.2) is 5.78 Å². The van der Waals surface area contributed by atoms with Gasteiger partial charge in [0.2, 0.25) is 0 Å². The minimum absolute atomic E-state index is 0.0623. The Bertz CT molecular complexity index is 565. The third kappa shape index (κ3) is 1.52. The second kappa shape index (κ2) is 3.72. The van der Waals surface area contributed by atoms with Gasteiger partial charge in [0.05, 0.1) is 0 Å². The van der Waals surface area contributed by atoms with Crippen LogP contribution in [0.3, 0.4) is 0 Å². The molecule has 100 valence electrons. The zero-order chi connectivity index (χ0) is 13.8. The molecule has 0 radical (unpaired) electrons. The van der Waals surface area contributed by atoms with Crippen LogP contribution in [0, 0.1) is 16.7 Å². The molecule has 0 aromatic heterocycles. The fourth-order valence-corrected chi connectivity index (χ4v) is 3.84. The zero-order valence-corrected chi connectivity index (χ0v) is 11.7. The molecule has 1 aromatic carbocycles. The largest absolute Gasteiger partial charge is 0.508 e. The van der Waals surface area contributed by atoms with Crippen LogP contribution in [0.2, 0.25) is 0 Å². The van der Waals surface area contributed by atoms with Gasteiger partial charge in [-0.15, -0.1) is 0 Å². The van der Waals surface area contributed by atoms with Crippen LogP contribution in [-0.2, 0) is 4.79 Å². The molecule has 2 aliphatic rings. The number of carbonyl (C=O) groups is 1. The molecule has 1 N–H and O–H groups in total. The molecule has 0 spiro atoms. The third-order valence-electron chi connectivity index (χ3n) is 5.58. The lowest BCUT2D eigenvalue weighted by Crippen LogP contribution is -2.32. The number of hydrogen-bond donors (Lipinski definition) is 1. The molecule has 3 rings (SSSR count). The molecule has 0 saturated heterocycles.